The van der Waals surface area contributed by atoms with Crippen molar-refractivity contribution in [2.24, 2.45) is 0 Å². The molecule has 1 N–H and O–H groups in total. The summed E-state index contributed by atoms with van der Waals surface area (Å²) in [7, 11) is -2.24. The molecule has 5 nitrogen and oxygen atoms in total. The van der Waals surface area contributed by atoms with Crippen LogP contribution in [-0.2, 0) is 6.54 Å². The first kappa shape index (κ1) is 16.7. The molecule has 1 unspecified atom stereocenters. The number of benzene rings is 1. The Bertz CT molecular complexity index is 450. The van der Waals surface area contributed by atoms with Crippen molar-refractivity contribution in [3.63, 3.8) is 0 Å². The normalized spacial score (nSPS) is 26.9. The Labute approximate surface area is 127 Å². The van der Waals surface area contributed by atoms with E-state index in [1.807, 2.05) is 0 Å². The predicted octanol–water partition coefficient (Wildman–Crippen LogP) is -0.774. The van der Waals surface area contributed by atoms with Gasteiger partial charge >= 0.3 is 0 Å². The molecule has 0 aromatic heterocycles. The second-order valence-corrected chi connectivity index (χ2v) is 7.17. The summed E-state index contributed by atoms with van der Waals surface area (Å²) in [5, 5.41) is 0. The van der Waals surface area contributed by atoms with Gasteiger partial charge in [0, 0.05) is 18.4 Å². The highest BCUT2D eigenvalue weighted by Gasteiger charge is 2.65. The number of hydrogen-bond acceptors (Lipinski definition) is 4. The lowest BCUT2D eigenvalue weighted by molar-refractivity contribution is -1.92. The predicted molar refractivity (Wildman–Crippen MR) is 69.2 cm³/mol. The van der Waals surface area contributed by atoms with E-state index in [0.29, 0.717) is 5.54 Å². The average Bonchev–Trinajstić information content (AvgIpc) is 2.92. The molecule has 2 aliphatic rings. The number of hydrogen-bond donors (Lipinski definition) is 1. The minimum atomic E-state index is -4.69. The van der Waals surface area contributed by atoms with Crippen LogP contribution in [0.3, 0.4) is 0 Å². The van der Waals surface area contributed by atoms with Crippen LogP contribution in [0.5, 0.6) is 0 Å². The van der Waals surface area contributed by atoms with Crippen LogP contribution in [0.4, 0.5) is 0 Å². The third kappa shape index (κ3) is 4.64. The van der Waals surface area contributed by atoms with Gasteiger partial charge in [-0.05, 0) is 12.8 Å². The third-order valence-electron chi connectivity index (χ3n) is 4.84. The molecule has 1 aliphatic carbocycles. The van der Waals surface area contributed by atoms with Gasteiger partial charge in [-0.3, -0.25) is 0 Å². The Balaban J connectivity index is 0.000000282. The molecule has 21 heavy (non-hydrogen) atoms. The minimum absolute atomic E-state index is 0.675. The van der Waals surface area contributed by atoms with Crippen LogP contribution in [0.1, 0.15) is 37.7 Å². The molecule has 0 radical (unpaired) electrons. The summed E-state index contributed by atoms with van der Waals surface area (Å²) in [6, 6.07) is 11.0. The largest absolute Gasteiger partial charge is 0.308 e. The maximum absolute atomic E-state index is 8.60. The fourth-order valence-corrected chi connectivity index (χ4v) is 3.73. The van der Waals surface area contributed by atoms with E-state index in [0.717, 1.165) is 0 Å². The third-order valence-corrected chi connectivity index (χ3v) is 4.84. The molecule has 0 bridgehead atoms. The fourth-order valence-electron chi connectivity index (χ4n) is 3.73. The maximum atomic E-state index is 8.60. The Morgan fingerprint density at radius 1 is 1.10 bits per heavy atom. The van der Waals surface area contributed by atoms with Crippen LogP contribution in [0, 0.1) is 10.2 Å². The molecule has 118 valence electrons. The zero-order valence-corrected chi connectivity index (χ0v) is 13.1. The first-order valence-corrected chi connectivity index (χ1v) is 8.52. The Morgan fingerprint density at radius 2 is 1.62 bits per heavy atom. The second kappa shape index (κ2) is 6.20. The zero-order valence-electron chi connectivity index (χ0n) is 12.3. The highest BCUT2D eigenvalue weighted by Crippen LogP contribution is 2.51. The Hall–Kier alpha value is -0.690. The van der Waals surface area contributed by atoms with Gasteiger partial charge in [-0.2, -0.15) is 14.0 Å². The standard InChI is InChI=1S/C15H22N.ClHO4/c1-16(12-14-8-4-2-5-9-14)13-15(16)10-6-3-7-11-15;2-1(3,4)5/h2,4-5,8-9H,3,6-7,10-13H2,1H3;(H,2,3,4,5)/q+1;. The topological polar surface area (TPSA) is 89.4 Å². The summed E-state index contributed by atoms with van der Waals surface area (Å²) in [5.41, 5.74) is 2.18. The molecule has 1 spiro atoms. The van der Waals surface area contributed by atoms with Crippen molar-refractivity contribution in [3.8, 4) is 0 Å². The highest BCUT2D eigenvalue weighted by molar-refractivity contribution is 5.14. The molecular weight excluding hydrogens is 294 g/mol. The van der Waals surface area contributed by atoms with Crippen molar-refractivity contribution in [1.29, 1.82) is 0 Å². The van der Waals surface area contributed by atoms with E-state index in [1.165, 1.54) is 55.2 Å². The summed E-state index contributed by atoms with van der Waals surface area (Å²) in [6.45, 7) is 2.66. The summed E-state index contributed by atoms with van der Waals surface area (Å²) in [5.74, 6) is 0. The second-order valence-electron chi connectivity index (χ2n) is 6.38. The van der Waals surface area contributed by atoms with Crippen molar-refractivity contribution >= 4 is 0 Å². The number of likely N-dealkylation sites (N-methyl/N-ethyl adjacent to an activating group) is 1. The van der Waals surface area contributed by atoms with Gasteiger partial charge < -0.3 is 4.48 Å². The summed E-state index contributed by atoms with van der Waals surface area (Å²) >= 11 is 0. The molecule has 1 saturated carbocycles. The molecule has 1 aromatic carbocycles. The fraction of sp³-hybridized carbons (Fsp3) is 0.600. The molecule has 6 heteroatoms. The quantitative estimate of drug-likeness (QED) is 0.573. The van der Waals surface area contributed by atoms with Crippen LogP contribution >= 0.6 is 0 Å². The van der Waals surface area contributed by atoms with Crippen molar-refractivity contribution in [3.05, 3.63) is 35.9 Å². The van der Waals surface area contributed by atoms with E-state index < -0.39 is 10.2 Å². The van der Waals surface area contributed by atoms with Gasteiger partial charge in [0.1, 0.15) is 18.6 Å². The first-order chi connectivity index (χ1) is 9.74. The zero-order chi connectivity index (χ0) is 15.6. The first-order valence-electron chi connectivity index (χ1n) is 7.26. The average molecular weight is 317 g/mol. The van der Waals surface area contributed by atoms with Crippen LogP contribution in [0.15, 0.2) is 30.3 Å². The van der Waals surface area contributed by atoms with Gasteiger partial charge in [0.15, 0.2) is 0 Å². The highest BCUT2D eigenvalue weighted by atomic mass is 35.7. The molecule has 1 aromatic rings. The lowest BCUT2D eigenvalue weighted by atomic mass is 9.88. The van der Waals surface area contributed by atoms with Crippen LogP contribution in [0.25, 0.3) is 0 Å². The number of quaternary nitrogens is 1. The Kier molecular flexibility index (Phi) is 4.92. The van der Waals surface area contributed by atoms with E-state index in [1.54, 1.807) is 0 Å². The summed E-state index contributed by atoms with van der Waals surface area (Å²) in [4.78, 5) is 0. The molecule has 1 saturated heterocycles. The van der Waals surface area contributed by atoms with E-state index in [-0.39, 0.29) is 0 Å². The SMILES string of the molecule is C[N+]1(Cc2ccccc2)CC12CCCCC2.[O-][Cl+3]([O-])([O-])O. The Morgan fingerprint density at radius 3 is 2.14 bits per heavy atom. The van der Waals surface area contributed by atoms with Gasteiger partial charge in [-0.15, -0.1) is 0 Å². The van der Waals surface area contributed by atoms with Crippen LogP contribution in [0.2, 0.25) is 0 Å². The van der Waals surface area contributed by atoms with Crippen molar-refractivity contribution in [1.82, 2.24) is 0 Å². The van der Waals surface area contributed by atoms with E-state index in [2.05, 4.69) is 37.4 Å². The molecule has 1 atom stereocenters. The van der Waals surface area contributed by atoms with Crippen molar-refractivity contribution in [2.75, 3.05) is 13.6 Å². The lowest BCUT2D eigenvalue weighted by Crippen LogP contribution is -2.58. The van der Waals surface area contributed by atoms with Gasteiger partial charge in [0.2, 0.25) is 0 Å². The lowest BCUT2D eigenvalue weighted by Gasteiger charge is -2.26. The smallest absolute Gasteiger partial charge is 0.149 e. The number of rotatable bonds is 2. The molecule has 0 amide bonds. The van der Waals surface area contributed by atoms with E-state index >= 15 is 0 Å². The number of halogens is 1. The molecule has 1 heterocycles. The van der Waals surface area contributed by atoms with Crippen LogP contribution in [-0.4, -0.2) is 28.3 Å². The van der Waals surface area contributed by atoms with Crippen LogP contribution < -0.4 is 14.0 Å². The monoisotopic (exact) mass is 316 g/mol. The van der Waals surface area contributed by atoms with Gasteiger partial charge in [-0.25, -0.2) is 0 Å². The number of nitrogens with zero attached hydrogens (tertiary/aromatic N) is 1. The molecular formula is C15H23ClNO4+. The molecule has 2 fully saturated rings. The molecule has 3 rings (SSSR count). The maximum Gasteiger partial charge on any atom is 0.149 e. The van der Waals surface area contributed by atoms with Crippen molar-refractivity contribution < 1.29 is 33.4 Å². The van der Waals surface area contributed by atoms with Gasteiger partial charge in [0.05, 0.1) is 21.9 Å². The summed E-state index contributed by atoms with van der Waals surface area (Å²) in [6.07, 6.45) is 7.32. The van der Waals surface area contributed by atoms with Crippen molar-refractivity contribution in [2.45, 2.75) is 44.2 Å². The van der Waals surface area contributed by atoms with Gasteiger partial charge in [0.25, 0.3) is 0 Å². The van der Waals surface area contributed by atoms with E-state index in [9.17, 15) is 0 Å². The van der Waals surface area contributed by atoms with E-state index in [4.69, 9.17) is 18.6 Å². The molecule has 1 aliphatic heterocycles. The van der Waals surface area contributed by atoms with Gasteiger partial charge in [-0.1, -0.05) is 36.8 Å². The summed E-state index contributed by atoms with van der Waals surface area (Å²) < 4.78 is 34.0. The minimum Gasteiger partial charge on any atom is -0.308 e.